The summed E-state index contributed by atoms with van der Waals surface area (Å²) in [6, 6.07) is 11.0. The largest absolute Gasteiger partial charge is 0.872 e. The van der Waals surface area contributed by atoms with E-state index in [1.165, 1.54) is 6.21 Å². The average Bonchev–Trinajstić information content (AvgIpc) is 2.51. The van der Waals surface area contributed by atoms with Crippen LogP contribution in [0.4, 0.5) is 11.4 Å². The molecule has 2 rings (SSSR count). The van der Waals surface area contributed by atoms with Gasteiger partial charge in [0.2, 0.25) is 0 Å². The van der Waals surface area contributed by atoms with Gasteiger partial charge in [-0.1, -0.05) is 30.0 Å². The summed E-state index contributed by atoms with van der Waals surface area (Å²) in [5.41, 5.74) is 4.34. The van der Waals surface area contributed by atoms with Crippen molar-refractivity contribution in [2.45, 2.75) is 6.92 Å². The monoisotopic (exact) mass is 329 g/mol. The van der Waals surface area contributed by atoms with Crippen molar-refractivity contribution in [2.24, 2.45) is 5.10 Å². The number of nitrogens with zero attached hydrogens (tertiary/aromatic N) is 2. The molecular weight excluding hydrogens is 316 g/mol. The predicted octanol–water partition coefficient (Wildman–Crippen LogP) is 2.30. The Labute approximate surface area is 137 Å². The number of nitrogens with one attached hydrogen (secondary N) is 2. The fourth-order valence-electron chi connectivity index (χ4n) is 1.77. The maximum absolute atomic E-state index is 11.6. The van der Waals surface area contributed by atoms with E-state index in [0.717, 1.165) is 29.4 Å². The number of benzene rings is 2. The Morgan fingerprint density at radius 2 is 2.04 bits per heavy atom. The Bertz CT molecular complexity index is 777. The molecule has 0 aliphatic carbocycles. The molecule has 0 radical (unpaired) electrons. The summed E-state index contributed by atoms with van der Waals surface area (Å²) < 4.78 is 0. The van der Waals surface area contributed by atoms with Crippen LogP contribution in [-0.2, 0) is 0 Å². The summed E-state index contributed by atoms with van der Waals surface area (Å²) in [4.78, 5) is 10.1. The molecule has 2 aromatic carbocycles. The Morgan fingerprint density at radius 3 is 2.74 bits per heavy atom. The molecule has 0 aliphatic heterocycles. The van der Waals surface area contributed by atoms with Gasteiger partial charge in [-0.05, 0) is 36.3 Å². The highest BCUT2D eigenvalue weighted by Crippen LogP contribution is 2.19. The number of thiocarbonyl (C=S) groups is 1. The maximum Gasteiger partial charge on any atom is 0.270 e. The topological polar surface area (TPSA) is 103 Å². The minimum atomic E-state index is -0.575. The number of nitro groups is 1. The molecule has 7 nitrogen and oxygen atoms in total. The minimum Gasteiger partial charge on any atom is -0.872 e. The summed E-state index contributed by atoms with van der Waals surface area (Å²) in [5.74, 6) is -0.362. The second-order valence-electron chi connectivity index (χ2n) is 4.62. The van der Waals surface area contributed by atoms with Crippen molar-refractivity contribution < 1.29 is 10.0 Å². The van der Waals surface area contributed by atoms with E-state index in [2.05, 4.69) is 15.8 Å². The van der Waals surface area contributed by atoms with Crippen molar-refractivity contribution in [3.05, 3.63) is 63.7 Å². The lowest BCUT2D eigenvalue weighted by molar-refractivity contribution is -0.385. The molecule has 118 valence electrons. The third-order valence-electron chi connectivity index (χ3n) is 2.97. The van der Waals surface area contributed by atoms with Gasteiger partial charge in [0.25, 0.3) is 5.69 Å². The lowest BCUT2D eigenvalue weighted by Crippen LogP contribution is -2.24. The SMILES string of the molecule is Cc1ccccc1NC(=S)N/N=C\c1cc([N+](=O)[O-])ccc1[O-]. The second-order valence-corrected chi connectivity index (χ2v) is 5.03. The zero-order chi connectivity index (χ0) is 16.8. The molecule has 0 unspecified atom stereocenters. The Morgan fingerprint density at radius 1 is 1.30 bits per heavy atom. The number of hydrogen-bond donors (Lipinski definition) is 2. The lowest BCUT2D eigenvalue weighted by atomic mass is 10.2. The van der Waals surface area contributed by atoms with Crippen LogP contribution in [-0.4, -0.2) is 16.3 Å². The van der Waals surface area contributed by atoms with Gasteiger partial charge in [0.1, 0.15) is 0 Å². The summed E-state index contributed by atoms with van der Waals surface area (Å²) in [7, 11) is 0. The number of nitro benzene ring substituents is 1. The highest BCUT2D eigenvalue weighted by atomic mass is 32.1. The molecule has 2 N–H and O–H groups in total. The van der Waals surface area contributed by atoms with E-state index in [9.17, 15) is 15.2 Å². The smallest absolute Gasteiger partial charge is 0.270 e. The lowest BCUT2D eigenvalue weighted by Gasteiger charge is -2.10. The molecule has 0 saturated heterocycles. The number of aryl methyl sites for hydroxylation is 1. The van der Waals surface area contributed by atoms with Gasteiger partial charge < -0.3 is 10.4 Å². The molecule has 0 fully saturated rings. The standard InChI is InChI=1S/C15H14N4O3S/c1-10-4-2-3-5-13(10)17-15(23)18-16-9-11-8-12(19(21)22)6-7-14(11)20/h2-9,20H,1H3,(H2,17,18,23)/p-1/b16-9-. The van der Waals surface area contributed by atoms with Crippen LogP contribution in [0.15, 0.2) is 47.6 Å². The number of rotatable bonds is 4. The van der Waals surface area contributed by atoms with E-state index in [-0.39, 0.29) is 22.1 Å². The quantitative estimate of drug-likeness (QED) is 0.386. The molecule has 0 aromatic heterocycles. The molecule has 0 atom stereocenters. The first-order valence-corrected chi connectivity index (χ1v) is 6.99. The average molecular weight is 329 g/mol. The van der Waals surface area contributed by atoms with Gasteiger partial charge in [-0.3, -0.25) is 15.5 Å². The van der Waals surface area contributed by atoms with Crippen molar-refractivity contribution in [1.82, 2.24) is 5.43 Å². The molecule has 0 saturated carbocycles. The van der Waals surface area contributed by atoms with Crippen LogP contribution in [0.25, 0.3) is 0 Å². The molecule has 0 amide bonds. The molecule has 0 bridgehead atoms. The number of anilines is 1. The summed E-state index contributed by atoms with van der Waals surface area (Å²) in [5, 5.41) is 29.3. The maximum atomic E-state index is 11.6. The van der Waals surface area contributed by atoms with Gasteiger partial charge in [0.05, 0.1) is 11.1 Å². The van der Waals surface area contributed by atoms with E-state index >= 15 is 0 Å². The molecule has 0 spiro atoms. The van der Waals surface area contributed by atoms with Crippen LogP contribution in [0.3, 0.4) is 0 Å². The van der Waals surface area contributed by atoms with Crippen LogP contribution >= 0.6 is 12.2 Å². The molecule has 8 heteroatoms. The summed E-state index contributed by atoms with van der Waals surface area (Å²) in [6.07, 6.45) is 1.20. The van der Waals surface area contributed by atoms with Crippen molar-refractivity contribution >= 4 is 34.9 Å². The molecule has 0 heterocycles. The van der Waals surface area contributed by atoms with Crippen molar-refractivity contribution in [3.8, 4) is 5.75 Å². The molecule has 2 aromatic rings. The van der Waals surface area contributed by atoms with E-state index < -0.39 is 4.92 Å². The third kappa shape index (κ3) is 4.48. The van der Waals surface area contributed by atoms with Crippen LogP contribution in [0.2, 0.25) is 0 Å². The first-order valence-electron chi connectivity index (χ1n) is 6.58. The van der Waals surface area contributed by atoms with E-state index in [1.807, 2.05) is 31.2 Å². The van der Waals surface area contributed by atoms with E-state index in [0.29, 0.717) is 0 Å². The van der Waals surface area contributed by atoms with Gasteiger partial charge >= 0.3 is 0 Å². The van der Waals surface area contributed by atoms with Gasteiger partial charge in [-0.25, -0.2) is 0 Å². The van der Waals surface area contributed by atoms with Crippen LogP contribution < -0.4 is 15.8 Å². The predicted molar refractivity (Wildman–Crippen MR) is 90.7 cm³/mol. The van der Waals surface area contributed by atoms with Crippen molar-refractivity contribution in [3.63, 3.8) is 0 Å². The first-order chi connectivity index (χ1) is 11.0. The van der Waals surface area contributed by atoms with Gasteiger partial charge in [-0.15, -0.1) is 0 Å². The van der Waals surface area contributed by atoms with Crippen LogP contribution in [0.5, 0.6) is 5.75 Å². The highest BCUT2D eigenvalue weighted by Gasteiger charge is 2.05. The molecule has 0 aliphatic rings. The zero-order valence-electron chi connectivity index (χ0n) is 12.1. The van der Waals surface area contributed by atoms with Crippen molar-refractivity contribution in [1.29, 1.82) is 0 Å². The zero-order valence-corrected chi connectivity index (χ0v) is 13.0. The molecule has 23 heavy (non-hydrogen) atoms. The summed E-state index contributed by atoms with van der Waals surface area (Å²) >= 11 is 5.09. The van der Waals surface area contributed by atoms with Gasteiger partial charge in [-0.2, -0.15) is 5.10 Å². The fraction of sp³-hybridized carbons (Fsp3) is 0.0667. The number of para-hydroxylation sites is 1. The third-order valence-corrected chi connectivity index (χ3v) is 3.16. The van der Waals surface area contributed by atoms with Crippen molar-refractivity contribution in [2.75, 3.05) is 5.32 Å². The number of non-ortho nitro benzene ring substituents is 1. The van der Waals surface area contributed by atoms with Crippen LogP contribution in [0, 0.1) is 17.0 Å². The fourth-order valence-corrected chi connectivity index (χ4v) is 1.94. The number of hydrazone groups is 1. The second kappa shape index (κ2) is 7.32. The molecular formula is C15H13N4O3S-. The Kier molecular flexibility index (Phi) is 5.21. The summed E-state index contributed by atoms with van der Waals surface area (Å²) in [6.45, 7) is 1.93. The highest BCUT2D eigenvalue weighted by molar-refractivity contribution is 7.80. The first kappa shape index (κ1) is 16.4. The van der Waals surface area contributed by atoms with Crippen LogP contribution in [0.1, 0.15) is 11.1 Å². The Balaban J connectivity index is 2.01. The normalized spacial score (nSPS) is 10.5. The minimum absolute atomic E-state index is 0.102. The van der Waals surface area contributed by atoms with E-state index in [4.69, 9.17) is 12.2 Å². The van der Waals surface area contributed by atoms with Gasteiger partial charge in [0, 0.05) is 17.8 Å². The van der Waals surface area contributed by atoms with Gasteiger partial charge in [0.15, 0.2) is 5.11 Å². The number of hydrogen-bond acceptors (Lipinski definition) is 5. The van der Waals surface area contributed by atoms with E-state index in [1.54, 1.807) is 0 Å². The Hall–Kier alpha value is -3.00.